The van der Waals surface area contributed by atoms with E-state index >= 15 is 0 Å². The minimum absolute atomic E-state index is 0.0236. The number of carboxylic acids is 1. The number of hydrogen-bond donors (Lipinski definition) is 2. The van der Waals surface area contributed by atoms with Crippen molar-refractivity contribution in [2.24, 2.45) is 0 Å². The molecule has 2 atom stereocenters. The fourth-order valence-corrected chi connectivity index (χ4v) is 2.70. The number of carbonyl (C=O) groups excluding carboxylic acids is 2. The number of urea groups is 1. The molecule has 2 heterocycles. The van der Waals surface area contributed by atoms with E-state index in [0.717, 1.165) is 12.8 Å². The molecule has 2 aliphatic heterocycles. The highest BCUT2D eigenvalue weighted by Crippen LogP contribution is 2.16. The Morgan fingerprint density at radius 1 is 1.52 bits per heavy atom. The number of likely N-dealkylation sites (N-methyl/N-ethyl adjacent to an activating group) is 1. The predicted molar refractivity (Wildman–Crippen MR) is 72.8 cm³/mol. The summed E-state index contributed by atoms with van der Waals surface area (Å²) >= 11 is 0. The highest BCUT2D eigenvalue weighted by Gasteiger charge is 2.36. The van der Waals surface area contributed by atoms with Gasteiger partial charge in [0.05, 0.1) is 12.5 Å². The van der Waals surface area contributed by atoms with Crippen molar-refractivity contribution in [1.82, 2.24) is 15.1 Å². The van der Waals surface area contributed by atoms with E-state index < -0.39 is 17.9 Å². The molecule has 2 aliphatic rings. The molecule has 0 aromatic heterocycles. The average molecular weight is 299 g/mol. The zero-order valence-corrected chi connectivity index (χ0v) is 12.1. The summed E-state index contributed by atoms with van der Waals surface area (Å²) in [6.45, 7) is 1.82. The molecule has 0 bridgehead atoms. The number of carbonyl (C=O) groups is 3. The lowest BCUT2D eigenvalue weighted by atomic mass is 10.1. The summed E-state index contributed by atoms with van der Waals surface area (Å²) in [7, 11) is 1.65. The molecule has 2 fully saturated rings. The summed E-state index contributed by atoms with van der Waals surface area (Å²) in [4.78, 5) is 38.0. The van der Waals surface area contributed by atoms with Gasteiger partial charge in [0.1, 0.15) is 6.04 Å². The van der Waals surface area contributed by atoms with Crippen molar-refractivity contribution in [2.45, 2.75) is 31.4 Å². The van der Waals surface area contributed by atoms with Crippen molar-refractivity contribution in [1.29, 1.82) is 0 Å². The SMILES string of the molecule is CN(CC1CCCO1)C(=O)N1CCNC(=O)C1CC(=O)O. The van der Waals surface area contributed by atoms with Crippen molar-refractivity contribution in [3.05, 3.63) is 0 Å². The molecule has 2 unspecified atom stereocenters. The molecule has 2 rings (SSSR count). The van der Waals surface area contributed by atoms with Gasteiger partial charge in [-0.1, -0.05) is 0 Å². The standard InChI is InChI=1S/C13H21N3O5/c1-15(8-9-3-2-6-21-9)13(20)16-5-4-14-12(19)10(16)7-11(17)18/h9-10H,2-8H2,1H3,(H,14,19)(H,17,18). The molecule has 0 spiro atoms. The largest absolute Gasteiger partial charge is 0.481 e. The van der Waals surface area contributed by atoms with Crippen LogP contribution in [0, 0.1) is 0 Å². The van der Waals surface area contributed by atoms with Crippen LogP contribution in [0.5, 0.6) is 0 Å². The molecule has 0 aliphatic carbocycles. The van der Waals surface area contributed by atoms with Crippen LogP contribution in [-0.4, -0.2) is 78.2 Å². The second-order valence-corrected chi connectivity index (χ2v) is 5.40. The second kappa shape index (κ2) is 6.75. The monoisotopic (exact) mass is 299 g/mol. The number of nitrogens with zero attached hydrogens (tertiary/aromatic N) is 2. The first-order valence-corrected chi connectivity index (χ1v) is 7.12. The number of nitrogens with one attached hydrogen (secondary N) is 1. The molecule has 0 aromatic rings. The normalized spacial score (nSPS) is 25.6. The molecule has 8 heteroatoms. The lowest BCUT2D eigenvalue weighted by molar-refractivity contribution is -0.142. The maximum atomic E-state index is 12.4. The lowest BCUT2D eigenvalue weighted by Crippen LogP contribution is -2.60. The third-order valence-electron chi connectivity index (χ3n) is 3.77. The van der Waals surface area contributed by atoms with Gasteiger partial charge in [0, 0.05) is 33.3 Å². The van der Waals surface area contributed by atoms with E-state index in [9.17, 15) is 14.4 Å². The van der Waals surface area contributed by atoms with Gasteiger partial charge in [0.25, 0.3) is 0 Å². The zero-order valence-electron chi connectivity index (χ0n) is 12.1. The first kappa shape index (κ1) is 15.6. The van der Waals surface area contributed by atoms with Gasteiger partial charge < -0.3 is 25.0 Å². The van der Waals surface area contributed by atoms with E-state index in [4.69, 9.17) is 9.84 Å². The Bertz CT molecular complexity index is 422. The third-order valence-corrected chi connectivity index (χ3v) is 3.77. The van der Waals surface area contributed by atoms with Gasteiger partial charge in [-0.3, -0.25) is 9.59 Å². The average Bonchev–Trinajstić information content (AvgIpc) is 2.92. The first-order chi connectivity index (χ1) is 9.99. The summed E-state index contributed by atoms with van der Waals surface area (Å²) < 4.78 is 5.49. The van der Waals surface area contributed by atoms with Gasteiger partial charge in [-0.25, -0.2) is 4.79 Å². The molecule has 8 nitrogen and oxygen atoms in total. The van der Waals surface area contributed by atoms with Gasteiger partial charge in [-0.2, -0.15) is 0 Å². The van der Waals surface area contributed by atoms with Crippen molar-refractivity contribution < 1.29 is 24.2 Å². The quantitative estimate of drug-likeness (QED) is 0.728. The second-order valence-electron chi connectivity index (χ2n) is 5.40. The number of hydrogen-bond acceptors (Lipinski definition) is 4. The van der Waals surface area contributed by atoms with Gasteiger partial charge >= 0.3 is 12.0 Å². The van der Waals surface area contributed by atoms with E-state index in [-0.39, 0.29) is 18.6 Å². The third kappa shape index (κ3) is 3.84. The molecule has 118 valence electrons. The molecule has 0 radical (unpaired) electrons. The van der Waals surface area contributed by atoms with E-state index in [0.29, 0.717) is 26.2 Å². The van der Waals surface area contributed by atoms with Crippen LogP contribution in [0.25, 0.3) is 0 Å². The molecule has 0 aromatic carbocycles. The highest BCUT2D eigenvalue weighted by molar-refractivity contribution is 5.91. The van der Waals surface area contributed by atoms with Gasteiger partial charge in [-0.05, 0) is 12.8 Å². The Balaban J connectivity index is 1.99. The highest BCUT2D eigenvalue weighted by atomic mass is 16.5. The summed E-state index contributed by atoms with van der Waals surface area (Å²) in [5, 5.41) is 11.5. The molecule has 0 saturated carbocycles. The molecule has 21 heavy (non-hydrogen) atoms. The van der Waals surface area contributed by atoms with Crippen LogP contribution in [0.15, 0.2) is 0 Å². The van der Waals surface area contributed by atoms with Gasteiger partial charge in [0.2, 0.25) is 5.91 Å². The molecular formula is C13H21N3O5. The maximum absolute atomic E-state index is 12.4. The fourth-order valence-electron chi connectivity index (χ4n) is 2.70. The number of aliphatic carboxylic acids is 1. The zero-order chi connectivity index (χ0) is 15.4. The van der Waals surface area contributed by atoms with Crippen molar-refractivity contribution in [3.63, 3.8) is 0 Å². The number of piperazine rings is 1. The van der Waals surface area contributed by atoms with Crippen LogP contribution in [-0.2, 0) is 14.3 Å². The minimum Gasteiger partial charge on any atom is -0.481 e. The maximum Gasteiger partial charge on any atom is 0.320 e. The summed E-state index contributed by atoms with van der Waals surface area (Å²) in [5.74, 6) is -1.51. The van der Waals surface area contributed by atoms with Crippen molar-refractivity contribution in [2.75, 3.05) is 33.3 Å². The van der Waals surface area contributed by atoms with E-state index in [1.54, 1.807) is 7.05 Å². The topological polar surface area (TPSA) is 99.2 Å². The van der Waals surface area contributed by atoms with Crippen LogP contribution >= 0.6 is 0 Å². The molecule has 3 amide bonds. The molecular weight excluding hydrogens is 278 g/mol. The fraction of sp³-hybridized carbons (Fsp3) is 0.769. The number of rotatable bonds is 4. The lowest BCUT2D eigenvalue weighted by Gasteiger charge is -2.37. The Labute approximate surface area is 123 Å². The van der Waals surface area contributed by atoms with Crippen LogP contribution in [0.3, 0.4) is 0 Å². The van der Waals surface area contributed by atoms with E-state index in [1.807, 2.05) is 0 Å². The number of carboxylic acid groups (broad SMARTS) is 1. The molecule has 2 N–H and O–H groups in total. The Morgan fingerprint density at radius 2 is 2.29 bits per heavy atom. The first-order valence-electron chi connectivity index (χ1n) is 7.12. The van der Waals surface area contributed by atoms with Gasteiger partial charge in [0.15, 0.2) is 0 Å². The Hall–Kier alpha value is -1.83. The smallest absolute Gasteiger partial charge is 0.320 e. The summed E-state index contributed by atoms with van der Waals surface area (Å²) in [6.07, 6.45) is 1.54. The van der Waals surface area contributed by atoms with Crippen LogP contribution in [0.1, 0.15) is 19.3 Å². The van der Waals surface area contributed by atoms with E-state index in [2.05, 4.69) is 5.32 Å². The minimum atomic E-state index is -1.10. The van der Waals surface area contributed by atoms with E-state index in [1.165, 1.54) is 9.80 Å². The Morgan fingerprint density at radius 3 is 2.90 bits per heavy atom. The summed E-state index contributed by atoms with van der Waals surface area (Å²) in [6, 6.07) is -1.28. The number of ether oxygens (including phenoxy) is 1. The number of amides is 3. The van der Waals surface area contributed by atoms with Gasteiger partial charge in [-0.15, -0.1) is 0 Å². The Kier molecular flexibility index (Phi) is 5.00. The van der Waals surface area contributed by atoms with Crippen molar-refractivity contribution >= 4 is 17.9 Å². The van der Waals surface area contributed by atoms with Crippen LogP contribution < -0.4 is 5.32 Å². The summed E-state index contributed by atoms with van der Waals surface area (Å²) in [5.41, 5.74) is 0. The van der Waals surface area contributed by atoms with Crippen LogP contribution in [0.4, 0.5) is 4.79 Å². The van der Waals surface area contributed by atoms with Crippen LogP contribution in [0.2, 0.25) is 0 Å². The predicted octanol–water partition coefficient (Wildman–Crippen LogP) is -0.508. The molecule has 2 saturated heterocycles. The van der Waals surface area contributed by atoms with Crippen molar-refractivity contribution in [3.8, 4) is 0 Å².